The summed E-state index contributed by atoms with van der Waals surface area (Å²) < 4.78 is 79.0. The van der Waals surface area contributed by atoms with Gasteiger partial charge < -0.3 is 10.8 Å². The molecular formula is C16H11F6N5OS. The molecule has 2 aromatic heterocycles. The Hall–Kier alpha value is -2.77. The number of aliphatic hydroxyl groups excluding tert-OH is 1. The second-order valence-corrected chi connectivity index (χ2v) is 6.60. The highest BCUT2D eigenvalue weighted by Gasteiger charge is 2.37. The summed E-state index contributed by atoms with van der Waals surface area (Å²) in [5, 5.41) is 15.5. The monoisotopic (exact) mass is 435 g/mol. The summed E-state index contributed by atoms with van der Waals surface area (Å²) in [5.74, 6) is -0.372. The SMILES string of the molecule is NC(O)/C(=C\n1cnc(-c2cc(C(F)(F)F)cc(C(F)(F)F)c2)n1)c1nccs1. The van der Waals surface area contributed by atoms with Gasteiger partial charge in [-0.3, -0.25) is 0 Å². The fourth-order valence-electron chi connectivity index (χ4n) is 2.32. The van der Waals surface area contributed by atoms with E-state index in [1.165, 1.54) is 12.4 Å². The summed E-state index contributed by atoms with van der Waals surface area (Å²) in [6.07, 6.45) is -7.68. The van der Waals surface area contributed by atoms with Crippen molar-refractivity contribution in [3.63, 3.8) is 0 Å². The molecular weight excluding hydrogens is 424 g/mol. The van der Waals surface area contributed by atoms with Crippen LogP contribution in [0, 0.1) is 0 Å². The maximum atomic E-state index is 13.0. The molecule has 2 heterocycles. The highest BCUT2D eigenvalue weighted by molar-refractivity contribution is 7.10. The van der Waals surface area contributed by atoms with E-state index in [0.29, 0.717) is 17.1 Å². The lowest BCUT2D eigenvalue weighted by atomic mass is 10.0. The molecule has 13 heteroatoms. The molecule has 29 heavy (non-hydrogen) atoms. The van der Waals surface area contributed by atoms with Crippen LogP contribution in [0.15, 0.2) is 36.1 Å². The number of aliphatic hydroxyl groups is 1. The maximum Gasteiger partial charge on any atom is 0.416 e. The molecule has 0 aliphatic heterocycles. The van der Waals surface area contributed by atoms with Gasteiger partial charge in [-0.25, -0.2) is 14.6 Å². The highest BCUT2D eigenvalue weighted by atomic mass is 32.1. The predicted molar refractivity (Wildman–Crippen MR) is 91.9 cm³/mol. The van der Waals surface area contributed by atoms with Crippen LogP contribution in [0.2, 0.25) is 0 Å². The predicted octanol–water partition coefficient (Wildman–Crippen LogP) is 3.71. The van der Waals surface area contributed by atoms with Gasteiger partial charge >= 0.3 is 12.4 Å². The second-order valence-electron chi connectivity index (χ2n) is 5.71. The van der Waals surface area contributed by atoms with Crippen molar-refractivity contribution in [2.24, 2.45) is 5.73 Å². The molecule has 0 aliphatic rings. The largest absolute Gasteiger partial charge is 0.416 e. The number of alkyl halides is 6. The maximum absolute atomic E-state index is 13.0. The molecule has 1 unspecified atom stereocenters. The molecule has 3 N–H and O–H groups in total. The third-order valence-electron chi connectivity index (χ3n) is 3.62. The van der Waals surface area contributed by atoms with Gasteiger partial charge in [0.05, 0.1) is 11.1 Å². The molecule has 1 aromatic carbocycles. The molecule has 3 aromatic rings. The Morgan fingerprint density at radius 1 is 1.07 bits per heavy atom. The Labute approximate surface area is 162 Å². The van der Waals surface area contributed by atoms with Gasteiger partial charge in [-0.1, -0.05) is 0 Å². The molecule has 3 rings (SSSR count). The van der Waals surface area contributed by atoms with Gasteiger partial charge in [0.2, 0.25) is 0 Å². The number of halogens is 6. The van der Waals surface area contributed by atoms with Crippen molar-refractivity contribution >= 4 is 23.1 Å². The van der Waals surface area contributed by atoms with E-state index in [-0.39, 0.29) is 17.5 Å². The number of hydrogen-bond donors (Lipinski definition) is 2. The zero-order valence-corrected chi connectivity index (χ0v) is 14.9. The third-order valence-corrected chi connectivity index (χ3v) is 4.45. The van der Waals surface area contributed by atoms with Crippen molar-refractivity contribution in [2.75, 3.05) is 0 Å². The summed E-state index contributed by atoms with van der Waals surface area (Å²) in [6.45, 7) is 0. The molecule has 0 aliphatic carbocycles. The van der Waals surface area contributed by atoms with Crippen LogP contribution in [0.4, 0.5) is 26.3 Å². The van der Waals surface area contributed by atoms with Crippen LogP contribution in [-0.4, -0.2) is 31.1 Å². The molecule has 1 atom stereocenters. The second kappa shape index (κ2) is 7.57. The average molecular weight is 435 g/mol. The van der Waals surface area contributed by atoms with Gasteiger partial charge in [-0.15, -0.1) is 16.4 Å². The van der Waals surface area contributed by atoms with E-state index in [1.807, 2.05) is 0 Å². The number of benzene rings is 1. The molecule has 6 nitrogen and oxygen atoms in total. The van der Waals surface area contributed by atoms with Gasteiger partial charge in [-0.2, -0.15) is 26.3 Å². The van der Waals surface area contributed by atoms with Crippen LogP contribution in [0.25, 0.3) is 23.2 Å². The van der Waals surface area contributed by atoms with E-state index >= 15 is 0 Å². The van der Waals surface area contributed by atoms with Crippen molar-refractivity contribution in [3.05, 3.63) is 52.2 Å². The minimum Gasteiger partial charge on any atom is -0.374 e. The first-order valence-electron chi connectivity index (χ1n) is 7.71. The lowest BCUT2D eigenvalue weighted by Gasteiger charge is -2.13. The van der Waals surface area contributed by atoms with Gasteiger partial charge in [0, 0.05) is 28.9 Å². The molecule has 0 bridgehead atoms. The van der Waals surface area contributed by atoms with Gasteiger partial charge in [0.25, 0.3) is 0 Å². The van der Waals surface area contributed by atoms with E-state index < -0.39 is 35.3 Å². The van der Waals surface area contributed by atoms with E-state index in [0.717, 1.165) is 22.3 Å². The number of rotatable bonds is 4. The first kappa shape index (κ1) is 21.0. The fraction of sp³-hybridized carbons (Fsp3) is 0.188. The van der Waals surface area contributed by atoms with Crippen LogP contribution in [-0.2, 0) is 12.4 Å². The lowest BCUT2D eigenvalue weighted by molar-refractivity contribution is -0.143. The van der Waals surface area contributed by atoms with Gasteiger partial charge in [-0.05, 0) is 18.2 Å². The first-order chi connectivity index (χ1) is 13.4. The van der Waals surface area contributed by atoms with Crippen LogP contribution in [0.3, 0.4) is 0 Å². The van der Waals surface area contributed by atoms with Crippen molar-refractivity contribution in [1.29, 1.82) is 0 Å². The lowest BCUT2D eigenvalue weighted by Crippen LogP contribution is -2.21. The highest BCUT2D eigenvalue weighted by Crippen LogP contribution is 2.38. The van der Waals surface area contributed by atoms with E-state index in [4.69, 9.17) is 5.73 Å². The minimum atomic E-state index is -4.99. The van der Waals surface area contributed by atoms with Crippen LogP contribution < -0.4 is 5.73 Å². The Morgan fingerprint density at radius 3 is 2.17 bits per heavy atom. The fourth-order valence-corrected chi connectivity index (χ4v) is 3.00. The van der Waals surface area contributed by atoms with Crippen LogP contribution >= 0.6 is 11.3 Å². The summed E-state index contributed by atoms with van der Waals surface area (Å²) >= 11 is 1.16. The van der Waals surface area contributed by atoms with Crippen molar-refractivity contribution < 1.29 is 31.4 Å². The van der Waals surface area contributed by atoms with Crippen molar-refractivity contribution in [2.45, 2.75) is 18.6 Å². The first-order valence-corrected chi connectivity index (χ1v) is 8.59. The number of nitrogens with zero attached hydrogens (tertiary/aromatic N) is 4. The summed E-state index contributed by atoms with van der Waals surface area (Å²) in [4.78, 5) is 7.73. The van der Waals surface area contributed by atoms with E-state index in [1.54, 1.807) is 5.38 Å². The molecule has 0 amide bonds. The standard InChI is InChI=1S/C16H11F6N5OS/c17-15(18,19)9-3-8(4-10(5-9)16(20,21)22)13-25-7-27(26-13)6-11(12(23)28)14-24-1-2-29-14/h1-7,12,28H,23H2/b11-6+. The smallest absolute Gasteiger partial charge is 0.374 e. The minimum absolute atomic E-state index is 0.0196. The topological polar surface area (TPSA) is 89.8 Å². The summed E-state index contributed by atoms with van der Waals surface area (Å²) in [6, 6.07) is 1.07. The Morgan fingerprint density at radius 2 is 1.69 bits per heavy atom. The Kier molecular flexibility index (Phi) is 5.47. The van der Waals surface area contributed by atoms with Crippen molar-refractivity contribution in [3.8, 4) is 11.4 Å². The quantitative estimate of drug-likeness (QED) is 0.482. The molecule has 0 saturated heterocycles. The molecule has 154 valence electrons. The van der Waals surface area contributed by atoms with Crippen LogP contribution in [0.1, 0.15) is 16.1 Å². The molecule has 0 fully saturated rings. The number of hydrogen-bond acceptors (Lipinski definition) is 6. The Balaban J connectivity index is 2.05. The van der Waals surface area contributed by atoms with Crippen molar-refractivity contribution in [1.82, 2.24) is 19.7 Å². The molecule has 0 saturated carbocycles. The normalized spacial score (nSPS) is 14.3. The average Bonchev–Trinajstić information content (AvgIpc) is 3.29. The van der Waals surface area contributed by atoms with Gasteiger partial charge in [0.1, 0.15) is 17.6 Å². The Bertz CT molecular complexity index is 991. The zero-order chi connectivity index (χ0) is 21.4. The van der Waals surface area contributed by atoms with Gasteiger partial charge in [0.15, 0.2) is 5.82 Å². The van der Waals surface area contributed by atoms with E-state index in [2.05, 4.69) is 15.1 Å². The molecule has 0 spiro atoms. The third kappa shape index (κ3) is 4.81. The summed E-state index contributed by atoms with van der Waals surface area (Å²) in [7, 11) is 0. The van der Waals surface area contributed by atoms with E-state index in [9.17, 15) is 31.4 Å². The number of thiazole rings is 1. The number of nitrogens with two attached hydrogens (primary N) is 1. The molecule has 0 radical (unpaired) electrons. The zero-order valence-electron chi connectivity index (χ0n) is 14.1. The summed E-state index contributed by atoms with van der Waals surface area (Å²) in [5.41, 5.74) is 2.18. The number of aromatic nitrogens is 4. The van der Waals surface area contributed by atoms with Crippen LogP contribution in [0.5, 0.6) is 0 Å².